The molecule has 1 saturated heterocycles. The van der Waals surface area contributed by atoms with Crippen molar-refractivity contribution in [3.05, 3.63) is 23.9 Å². The molecule has 1 fully saturated rings. The molecule has 3 nitrogen and oxygen atoms in total. The first-order valence-electron chi connectivity index (χ1n) is 7.44. The van der Waals surface area contributed by atoms with Gasteiger partial charge >= 0.3 is 0 Å². The Morgan fingerprint density at radius 1 is 1.37 bits per heavy atom. The van der Waals surface area contributed by atoms with Crippen LogP contribution in [0.25, 0.3) is 0 Å². The summed E-state index contributed by atoms with van der Waals surface area (Å²) in [6, 6.07) is 4.85. The maximum Gasteiger partial charge on any atom is 0.126 e. The summed E-state index contributed by atoms with van der Waals surface area (Å²) in [5.74, 6) is 1.01. The topological polar surface area (TPSA) is 28.2 Å². The average molecular weight is 261 g/mol. The molecular formula is C16H27N3. The SMILES string of the molecule is CCN1CCCC(Nc2ccc(C(C)(C)C)cn2)C1. The van der Waals surface area contributed by atoms with E-state index in [2.05, 4.69) is 55.0 Å². The molecule has 0 amide bonds. The first-order valence-corrected chi connectivity index (χ1v) is 7.44. The van der Waals surface area contributed by atoms with Crippen LogP contribution in [0.1, 0.15) is 46.1 Å². The van der Waals surface area contributed by atoms with Gasteiger partial charge in [0.15, 0.2) is 0 Å². The molecule has 1 atom stereocenters. The minimum atomic E-state index is 0.176. The maximum absolute atomic E-state index is 4.56. The lowest BCUT2D eigenvalue weighted by atomic mass is 9.88. The summed E-state index contributed by atoms with van der Waals surface area (Å²) in [4.78, 5) is 7.07. The number of nitrogens with zero attached hydrogens (tertiary/aromatic N) is 2. The maximum atomic E-state index is 4.56. The fourth-order valence-electron chi connectivity index (χ4n) is 2.59. The Hall–Kier alpha value is -1.09. The number of hydrogen-bond acceptors (Lipinski definition) is 3. The van der Waals surface area contributed by atoms with Crippen LogP contribution < -0.4 is 5.32 Å². The highest BCUT2D eigenvalue weighted by Gasteiger charge is 2.19. The Bertz CT molecular complexity index is 391. The van der Waals surface area contributed by atoms with Gasteiger partial charge in [-0.05, 0) is 43.0 Å². The average Bonchev–Trinajstić information content (AvgIpc) is 2.38. The molecule has 19 heavy (non-hydrogen) atoms. The smallest absolute Gasteiger partial charge is 0.126 e. The molecule has 0 radical (unpaired) electrons. The molecule has 1 aliphatic rings. The fraction of sp³-hybridized carbons (Fsp3) is 0.688. The number of likely N-dealkylation sites (N-methyl/N-ethyl adjacent to an activating group) is 1. The highest BCUT2D eigenvalue weighted by Crippen LogP contribution is 2.22. The summed E-state index contributed by atoms with van der Waals surface area (Å²) < 4.78 is 0. The van der Waals surface area contributed by atoms with E-state index in [1.165, 1.54) is 24.9 Å². The van der Waals surface area contributed by atoms with Crippen LogP contribution >= 0.6 is 0 Å². The molecule has 1 aromatic rings. The van der Waals surface area contributed by atoms with E-state index in [4.69, 9.17) is 0 Å². The van der Waals surface area contributed by atoms with Crippen molar-refractivity contribution in [3.8, 4) is 0 Å². The first-order chi connectivity index (χ1) is 8.99. The number of piperidine rings is 1. The van der Waals surface area contributed by atoms with E-state index < -0.39 is 0 Å². The van der Waals surface area contributed by atoms with Crippen LogP contribution in [0.2, 0.25) is 0 Å². The van der Waals surface area contributed by atoms with Gasteiger partial charge in [0.25, 0.3) is 0 Å². The number of hydrogen-bond donors (Lipinski definition) is 1. The molecule has 0 saturated carbocycles. The zero-order valence-corrected chi connectivity index (χ0v) is 12.7. The summed E-state index contributed by atoms with van der Waals surface area (Å²) >= 11 is 0. The van der Waals surface area contributed by atoms with Crippen LogP contribution in [0.4, 0.5) is 5.82 Å². The van der Waals surface area contributed by atoms with Crippen LogP contribution in [0, 0.1) is 0 Å². The predicted octanol–water partition coefficient (Wildman–Crippen LogP) is 3.28. The molecule has 2 heterocycles. The molecule has 1 aromatic heterocycles. The molecule has 1 N–H and O–H groups in total. The van der Waals surface area contributed by atoms with E-state index in [1.807, 2.05) is 6.20 Å². The van der Waals surface area contributed by atoms with Gasteiger partial charge in [0, 0.05) is 18.8 Å². The van der Waals surface area contributed by atoms with Crippen molar-refractivity contribution in [1.82, 2.24) is 9.88 Å². The van der Waals surface area contributed by atoms with Crippen molar-refractivity contribution >= 4 is 5.82 Å². The minimum absolute atomic E-state index is 0.176. The van der Waals surface area contributed by atoms with Crippen molar-refractivity contribution in [3.63, 3.8) is 0 Å². The summed E-state index contributed by atoms with van der Waals surface area (Å²) in [6.07, 6.45) is 4.54. The molecule has 1 unspecified atom stereocenters. The van der Waals surface area contributed by atoms with Gasteiger partial charge in [0.1, 0.15) is 5.82 Å². The highest BCUT2D eigenvalue weighted by atomic mass is 15.2. The zero-order chi connectivity index (χ0) is 13.9. The number of pyridine rings is 1. The number of aromatic nitrogens is 1. The third kappa shape index (κ3) is 3.93. The molecule has 2 rings (SSSR count). The summed E-state index contributed by atoms with van der Waals surface area (Å²) in [5, 5.41) is 3.57. The molecule has 3 heteroatoms. The van der Waals surface area contributed by atoms with E-state index >= 15 is 0 Å². The van der Waals surface area contributed by atoms with Crippen LogP contribution in [0.5, 0.6) is 0 Å². The van der Waals surface area contributed by atoms with Crippen molar-refractivity contribution < 1.29 is 0 Å². The van der Waals surface area contributed by atoms with Crippen LogP contribution in [0.3, 0.4) is 0 Å². The Kier molecular flexibility index (Phi) is 4.46. The van der Waals surface area contributed by atoms with Gasteiger partial charge in [0.05, 0.1) is 0 Å². The van der Waals surface area contributed by atoms with E-state index in [0.29, 0.717) is 6.04 Å². The van der Waals surface area contributed by atoms with Crippen LogP contribution in [-0.4, -0.2) is 35.6 Å². The van der Waals surface area contributed by atoms with E-state index in [9.17, 15) is 0 Å². The van der Waals surface area contributed by atoms with E-state index in [-0.39, 0.29) is 5.41 Å². The summed E-state index contributed by atoms with van der Waals surface area (Å²) in [6.45, 7) is 12.4. The minimum Gasteiger partial charge on any atom is -0.366 e. The normalized spacial score (nSPS) is 21.4. The molecule has 106 valence electrons. The van der Waals surface area contributed by atoms with Gasteiger partial charge in [-0.3, -0.25) is 0 Å². The van der Waals surface area contributed by atoms with Gasteiger partial charge in [0.2, 0.25) is 0 Å². The van der Waals surface area contributed by atoms with Crippen molar-refractivity contribution in [2.45, 2.75) is 52.0 Å². The lowest BCUT2D eigenvalue weighted by Crippen LogP contribution is -2.41. The Morgan fingerprint density at radius 3 is 2.74 bits per heavy atom. The largest absolute Gasteiger partial charge is 0.366 e. The fourth-order valence-corrected chi connectivity index (χ4v) is 2.59. The van der Waals surface area contributed by atoms with Gasteiger partial charge < -0.3 is 10.2 Å². The monoisotopic (exact) mass is 261 g/mol. The second-order valence-electron chi connectivity index (χ2n) is 6.56. The van der Waals surface area contributed by atoms with Gasteiger partial charge in [-0.1, -0.05) is 33.8 Å². The summed E-state index contributed by atoms with van der Waals surface area (Å²) in [5.41, 5.74) is 1.46. The third-order valence-corrected chi connectivity index (χ3v) is 3.93. The standard InChI is InChI=1S/C16H27N3/c1-5-19-10-6-7-14(12-19)18-15-9-8-13(11-17-15)16(2,3)4/h8-9,11,14H,5-7,10,12H2,1-4H3,(H,17,18). The van der Waals surface area contributed by atoms with Crippen LogP contribution in [-0.2, 0) is 5.41 Å². The number of nitrogens with one attached hydrogen (secondary N) is 1. The van der Waals surface area contributed by atoms with Gasteiger partial charge in [-0.25, -0.2) is 4.98 Å². The zero-order valence-electron chi connectivity index (χ0n) is 12.7. The van der Waals surface area contributed by atoms with Crippen LogP contribution in [0.15, 0.2) is 18.3 Å². The Balaban J connectivity index is 1.96. The lowest BCUT2D eigenvalue weighted by Gasteiger charge is -2.32. The molecule has 1 aliphatic heterocycles. The van der Waals surface area contributed by atoms with Crippen molar-refractivity contribution in [1.29, 1.82) is 0 Å². The third-order valence-electron chi connectivity index (χ3n) is 3.93. The number of likely N-dealkylation sites (tertiary alicyclic amines) is 1. The molecule has 0 spiro atoms. The Morgan fingerprint density at radius 2 is 2.16 bits per heavy atom. The van der Waals surface area contributed by atoms with Gasteiger partial charge in [-0.2, -0.15) is 0 Å². The second-order valence-corrected chi connectivity index (χ2v) is 6.56. The molecular weight excluding hydrogens is 234 g/mol. The molecule has 0 aliphatic carbocycles. The highest BCUT2D eigenvalue weighted by molar-refractivity contribution is 5.38. The Labute approximate surface area is 117 Å². The van der Waals surface area contributed by atoms with E-state index in [1.54, 1.807) is 0 Å². The van der Waals surface area contributed by atoms with Gasteiger partial charge in [-0.15, -0.1) is 0 Å². The lowest BCUT2D eigenvalue weighted by molar-refractivity contribution is 0.226. The van der Waals surface area contributed by atoms with Crippen molar-refractivity contribution in [2.75, 3.05) is 25.0 Å². The summed E-state index contributed by atoms with van der Waals surface area (Å²) in [7, 11) is 0. The van der Waals surface area contributed by atoms with E-state index in [0.717, 1.165) is 18.9 Å². The first kappa shape index (κ1) is 14.3. The second kappa shape index (κ2) is 5.91. The predicted molar refractivity (Wildman–Crippen MR) is 81.7 cm³/mol. The number of rotatable bonds is 3. The van der Waals surface area contributed by atoms with Crippen molar-refractivity contribution in [2.24, 2.45) is 0 Å². The molecule has 0 bridgehead atoms. The quantitative estimate of drug-likeness (QED) is 0.905. The molecule has 0 aromatic carbocycles. The number of anilines is 1.